The Balaban J connectivity index is 1.94. The van der Waals surface area contributed by atoms with Gasteiger partial charge in [0.15, 0.2) is 0 Å². The highest BCUT2D eigenvalue weighted by Crippen LogP contribution is 2.25. The lowest BCUT2D eigenvalue weighted by Gasteiger charge is -2.33. The van der Waals surface area contributed by atoms with Crippen LogP contribution in [0.5, 0.6) is 0 Å². The molecule has 2 rings (SSSR count). The number of hydrogen-bond donors (Lipinski definition) is 1. The number of benzene rings is 1. The third-order valence-electron chi connectivity index (χ3n) is 3.84. The molecule has 0 saturated carbocycles. The normalized spacial score (nSPS) is 16.4. The molecule has 1 aliphatic rings. The van der Waals surface area contributed by atoms with E-state index in [4.69, 9.17) is 10.5 Å². The molecule has 0 unspecified atom stereocenters. The maximum Gasteiger partial charge on any atom is 0.337 e. The Morgan fingerprint density at radius 3 is 2.47 bits per heavy atom. The number of methoxy groups -OCH3 is 1. The van der Waals surface area contributed by atoms with Crippen LogP contribution in [0.1, 0.15) is 29.6 Å². The fourth-order valence-electron chi connectivity index (χ4n) is 2.64. The number of nitrogens with zero attached hydrogens (tertiary/aromatic N) is 1. The largest absolute Gasteiger partial charge is 0.465 e. The summed E-state index contributed by atoms with van der Waals surface area (Å²) < 4.78 is 4.70. The number of rotatable bonds is 4. The van der Waals surface area contributed by atoms with Crippen LogP contribution < -0.4 is 10.6 Å². The number of piperidine rings is 1. The highest BCUT2D eigenvalue weighted by molar-refractivity contribution is 5.89. The molecule has 1 aromatic rings. The van der Waals surface area contributed by atoms with E-state index in [9.17, 15) is 4.79 Å². The molecule has 0 spiro atoms. The standard InChI is InChI=1S/C15H22N2O2/c1-19-15(18)13-2-4-14(5-3-13)17-10-7-12(6-9-16)8-11-17/h2-5,12H,6-11,16H2,1H3. The molecule has 19 heavy (non-hydrogen) atoms. The minimum absolute atomic E-state index is 0.284. The van der Waals surface area contributed by atoms with Gasteiger partial charge in [0, 0.05) is 18.8 Å². The maximum absolute atomic E-state index is 11.4. The van der Waals surface area contributed by atoms with Gasteiger partial charge in [-0.3, -0.25) is 0 Å². The van der Waals surface area contributed by atoms with E-state index in [1.54, 1.807) is 0 Å². The van der Waals surface area contributed by atoms with Crippen molar-refractivity contribution in [3.63, 3.8) is 0 Å². The summed E-state index contributed by atoms with van der Waals surface area (Å²) in [5.74, 6) is 0.490. The predicted molar refractivity (Wildman–Crippen MR) is 76.4 cm³/mol. The third-order valence-corrected chi connectivity index (χ3v) is 3.84. The summed E-state index contributed by atoms with van der Waals surface area (Å²) >= 11 is 0. The number of ether oxygens (including phenoxy) is 1. The van der Waals surface area contributed by atoms with Crippen molar-refractivity contribution < 1.29 is 9.53 Å². The molecule has 4 nitrogen and oxygen atoms in total. The number of hydrogen-bond acceptors (Lipinski definition) is 4. The molecule has 1 saturated heterocycles. The summed E-state index contributed by atoms with van der Waals surface area (Å²) in [5.41, 5.74) is 7.39. The molecule has 1 fully saturated rings. The molecular formula is C15H22N2O2. The van der Waals surface area contributed by atoms with Crippen LogP contribution in [0.4, 0.5) is 5.69 Å². The lowest BCUT2D eigenvalue weighted by atomic mass is 9.93. The Hall–Kier alpha value is -1.55. The monoisotopic (exact) mass is 262 g/mol. The Labute approximate surface area is 114 Å². The van der Waals surface area contributed by atoms with Gasteiger partial charge in [0.05, 0.1) is 12.7 Å². The second-order valence-electron chi connectivity index (χ2n) is 5.05. The topological polar surface area (TPSA) is 55.6 Å². The molecule has 0 aromatic heterocycles. The van der Waals surface area contributed by atoms with Gasteiger partial charge in [0.25, 0.3) is 0 Å². The maximum atomic E-state index is 11.4. The summed E-state index contributed by atoms with van der Waals surface area (Å²) in [5, 5.41) is 0. The molecule has 0 bridgehead atoms. The summed E-state index contributed by atoms with van der Waals surface area (Å²) in [4.78, 5) is 13.7. The molecule has 1 heterocycles. The van der Waals surface area contributed by atoms with Crippen molar-refractivity contribution >= 4 is 11.7 Å². The number of esters is 1. The fourth-order valence-corrected chi connectivity index (χ4v) is 2.64. The average molecular weight is 262 g/mol. The van der Waals surface area contributed by atoms with E-state index in [0.717, 1.165) is 32.0 Å². The first-order valence-corrected chi connectivity index (χ1v) is 6.88. The highest BCUT2D eigenvalue weighted by atomic mass is 16.5. The van der Waals surface area contributed by atoms with Crippen LogP contribution in [0.25, 0.3) is 0 Å². The van der Waals surface area contributed by atoms with Crippen molar-refractivity contribution in [3.05, 3.63) is 29.8 Å². The van der Waals surface area contributed by atoms with Crippen molar-refractivity contribution in [1.82, 2.24) is 0 Å². The van der Waals surface area contributed by atoms with Gasteiger partial charge in [0.2, 0.25) is 0 Å². The van der Waals surface area contributed by atoms with Gasteiger partial charge in [-0.1, -0.05) is 0 Å². The Morgan fingerprint density at radius 1 is 1.32 bits per heavy atom. The van der Waals surface area contributed by atoms with E-state index >= 15 is 0 Å². The van der Waals surface area contributed by atoms with Crippen LogP contribution in [0, 0.1) is 5.92 Å². The Morgan fingerprint density at radius 2 is 1.95 bits per heavy atom. The summed E-state index contributed by atoms with van der Waals surface area (Å²) in [6.07, 6.45) is 3.54. The minimum Gasteiger partial charge on any atom is -0.465 e. The van der Waals surface area contributed by atoms with Crippen LogP contribution in [0.15, 0.2) is 24.3 Å². The van der Waals surface area contributed by atoms with Gasteiger partial charge < -0.3 is 15.4 Å². The van der Waals surface area contributed by atoms with Crippen LogP contribution in [-0.4, -0.2) is 32.7 Å². The second kappa shape index (κ2) is 6.57. The van der Waals surface area contributed by atoms with E-state index in [1.807, 2.05) is 24.3 Å². The van der Waals surface area contributed by atoms with Crippen molar-refractivity contribution in [1.29, 1.82) is 0 Å². The first kappa shape index (κ1) is 13.9. The SMILES string of the molecule is COC(=O)c1ccc(N2CCC(CCN)CC2)cc1. The lowest BCUT2D eigenvalue weighted by Crippen LogP contribution is -2.34. The average Bonchev–Trinajstić information content (AvgIpc) is 2.48. The predicted octanol–water partition coefficient (Wildman–Crippen LogP) is 2.04. The minimum atomic E-state index is -0.284. The van der Waals surface area contributed by atoms with E-state index in [0.29, 0.717) is 5.56 Å². The number of anilines is 1. The fraction of sp³-hybridized carbons (Fsp3) is 0.533. The first-order valence-electron chi connectivity index (χ1n) is 6.88. The van der Waals surface area contributed by atoms with Gasteiger partial charge in [-0.05, 0) is 56.0 Å². The van der Waals surface area contributed by atoms with Crippen molar-refractivity contribution in [2.24, 2.45) is 11.7 Å². The molecule has 2 N–H and O–H groups in total. The van der Waals surface area contributed by atoms with Crippen molar-refractivity contribution in [3.8, 4) is 0 Å². The number of carbonyl (C=O) groups excluding carboxylic acids is 1. The van der Waals surface area contributed by atoms with Gasteiger partial charge in [-0.2, -0.15) is 0 Å². The molecule has 0 amide bonds. The lowest BCUT2D eigenvalue weighted by molar-refractivity contribution is 0.0601. The van der Waals surface area contributed by atoms with Crippen LogP contribution in [0.2, 0.25) is 0 Å². The molecule has 0 radical (unpaired) electrons. The van der Waals surface area contributed by atoms with E-state index < -0.39 is 0 Å². The molecule has 104 valence electrons. The second-order valence-corrected chi connectivity index (χ2v) is 5.05. The zero-order valence-corrected chi connectivity index (χ0v) is 11.5. The van der Waals surface area contributed by atoms with E-state index in [1.165, 1.54) is 25.6 Å². The number of carbonyl (C=O) groups is 1. The van der Waals surface area contributed by atoms with Crippen LogP contribution >= 0.6 is 0 Å². The van der Waals surface area contributed by atoms with Crippen LogP contribution in [0.3, 0.4) is 0 Å². The Bertz CT molecular complexity index is 409. The van der Waals surface area contributed by atoms with Gasteiger partial charge >= 0.3 is 5.97 Å². The van der Waals surface area contributed by atoms with Crippen molar-refractivity contribution in [2.45, 2.75) is 19.3 Å². The number of nitrogens with two attached hydrogens (primary N) is 1. The Kier molecular flexibility index (Phi) is 4.80. The van der Waals surface area contributed by atoms with Gasteiger partial charge in [-0.25, -0.2) is 4.79 Å². The summed E-state index contributed by atoms with van der Waals surface area (Å²) in [7, 11) is 1.40. The molecule has 0 aliphatic carbocycles. The first-order chi connectivity index (χ1) is 9.24. The van der Waals surface area contributed by atoms with Crippen molar-refractivity contribution in [2.75, 3.05) is 31.6 Å². The molecule has 0 atom stereocenters. The summed E-state index contributed by atoms with van der Waals surface area (Å²) in [6.45, 7) is 2.93. The molecular weight excluding hydrogens is 240 g/mol. The van der Waals surface area contributed by atoms with Gasteiger partial charge in [0.1, 0.15) is 0 Å². The molecule has 4 heteroatoms. The quantitative estimate of drug-likeness (QED) is 0.844. The highest BCUT2D eigenvalue weighted by Gasteiger charge is 2.18. The van der Waals surface area contributed by atoms with Gasteiger partial charge in [-0.15, -0.1) is 0 Å². The van der Waals surface area contributed by atoms with E-state index in [2.05, 4.69) is 4.90 Å². The third kappa shape index (κ3) is 3.47. The molecule has 1 aliphatic heterocycles. The molecule has 1 aromatic carbocycles. The zero-order valence-electron chi connectivity index (χ0n) is 11.5. The smallest absolute Gasteiger partial charge is 0.337 e. The summed E-state index contributed by atoms with van der Waals surface area (Å²) in [6, 6.07) is 7.64. The van der Waals surface area contributed by atoms with E-state index in [-0.39, 0.29) is 5.97 Å². The van der Waals surface area contributed by atoms with Crippen LogP contribution in [-0.2, 0) is 4.74 Å². The zero-order chi connectivity index (χ0) is 13.7.